The second-order valence-electron chi connectivity index (χ2n) is 4.77. The van der Waals surface area contributed by atoms with Crippen LogP contribution in [0.1, 0.15) is 33.1 Å². The Morgan fingerprint density at radius 2 is 1.65 bits per heavy atom. The number of esters is 1. The van der Waals surface area contributed by atoms with E-state index in [0.717, 1.165) is 0 Å². The molecule has 9 heteroatoms. The molecule has 0 heterocycles. The van der Waals surface area contributed by atoms with Gasteiger partial charge in [0, 0.05) is 12.7 Å². The number of carbonyl (C=O) groups is 1. The van der Waals surface area contributed by atoms with Crippen LogP contribution in [0.5, 0.6) is 0 Å². The molecule has 0 aromatic rings. The zero-order valence-electron chi connectivity index (χ0n) is 11.5. The number of hydrogen-bond acceptors (Lipinski definition) is 4. The first-order valence-corrected chi connectivity index (χ1v) is 7.84. The molecule has 0 saturated heterocycles. The van der Waals surface area contributed by atoms with Crippen molar-refractivity contribution in [1.29, 1.82) is 0 Å². The van der Waals surface area contributed by atoms with E-state index in [1.54, 1.807) is 13.8 Å². The van der Waals surface area contributed by atoms with Gasteiger partial charge in [0.05, 0.1) is 12.5 Å². The van der Waals surface area contributed by atoms with Gasteiger partial charge in [-0.2, -0.15) is 17.6 Å². The largest absolute Gasteiger partial charge is 0.465 e. The predicted molar refractivity (Wildman–Crippen MR) is 64.4 cm³/mol. The summed E-state index contributed by atoms with van der Waals surface area (Å²) < 4.78 is 78.4. The molecule has 0 rings (SSSR count). The molecule has 0 fully saturated rings. The Bertz CT molecular complexity index is 432. The van der Waals surface area contributed by atoms with Gasteiger partial charge in [0.25, 0.3) is 0 Å². The first-order chi connectivity index (χ1) is 8.83. The second kappa shape index (κ2) is 6.73. The highest BCUT2D eigenvalue weighted by atomic mass is 32.2. The summed E-state index contributed by atoms with van der Waals surface area (Å²) in [6.07, 6.45) is -1.67. The van der Waals surface area contributed by atoms with Crippen LogP contribution in [0.4, 0.5) is 17.6 Å². The number of hydrogen-bond donors (Lipinski definition) is 0. The second-order valence-corrected chi connectivity index (χ2v) is 6.83. The van der Waals surface area contributed by atoms with Gasteiger partial charge in [-0.15, -0.1) is 0 Å². The van der Waals surface area contributed by atoms with E-state index >= 15 is 0 Å². The van der Waals surface area contributed by atoms with E-state index in [1.807, 2.05) is 0 Å². The summed E-state index contributed by atoms with van der Waals surface area (Å²) in [4.78, 5) is 11.0. The van der Waals surface area contributed by atoms with E-state index < -0.39 is 33.4 Å². The quantitative estimate of drug-likeness (QED) is 0.391. The maximum atomic E-state index is 13.2. The third-order valence-electron chi connectivity index (χ3n) is 2.49. The van der Waals surface area contributed by atoms with Crippen molar-refractivity contribution in [3.05, 3.63) is 0 Å². The predicted octanol–water partition coefficient (Wildman–Crippen LogP) is 2.63. The smallest absolute Gasteiger partial charge is 0.406 e. The molecule has 0 atom stereocenters. The molecular weight excluding hydrogens is 304 g/mol. The van der Waals surface area contributed by atoms with Crippen molar-refractivity contribution >= 4 is 15.8 Å². The van der Waals surface area contributed by atoms with Gasteiger partial charge >= 0.3 is 17.1 Å². The van der Waals surface area contributed by atoms with Crippen molar-refractivity contribution in [3.63, 3.8) is 0 Å². The molecule has 0 saturated carbocycles. The Kier molecular flexibility index (Phi) is 6.44. The first kappa shape index (κ1) is 19.1. The van der Waals surface area contributed by atoms with Gasteiger partial charge in [0.1, 0.15) is 0 Å². The molecular formula is C11H18F4O4S. The highest BCUT2D eigenvalue weighted by molar-refractivity contribution is 7.91. The van der Waals surface area contributed by atoms with Crippen molar-refractivity contribution in [2.45, 2.75) is 44.3 Å². The minimum atomic E-state index is -5.20. The first-order valence-electron chi connectivity index (χ1n) is 5.95. The number of alkyl halides is 4. The zero-order valence-corrected chi connectivity index (χ0v) is 12.3. The van der Waals surface area contributed by atoms with Crippen LogP contribution in [0.25, 0.3) is 0 Å². The van der Waals surface area contributed by atoms with Crippen LogP contribution in [-0.2, 0) is 19.4 Å². The molecule has 0 aliphatic carbocycles. The van der Waals surface area contributed by atoms with Crippen LogP contribution in [0.15, 0.2) is 0 Å². The number of rotatable bonds is 8. The molecule has 4 nitrogen and oxygen atoms in total. The van der Waals surface area contributed by atoms with Crippen LogP contribution in [0.3, 0.4) is 0 Å². The van der Waals surface area contributed by atoms with Gasteiger partial charge in [-0.05, 0) is 12.8 Å². The third-order valence-corrected chi connectivity index (χ3v) is 3.72. The number of carbonyl (C=O) groups excluding carboxylic acids is 1. The van der Waals surface area contributed by atoms with Crippen LogP contribution < -0.4 is 0 Å². The molecule has 0 amide bonds. The lowest BCUT2D eigenvalue weighted by molar-refractivity contribution is -0.162. The Balaban J connectivity index is 4.29. The Labute approximate surface area is 115 Å². The number of sulfone groups is 1. The van der Waals surface area contributed by atoms with E-state index in [-0.39, 0.29) is 31.6 Å². The van der Waals surface area contributed by atoms with Crippen LogP contribution in [0, 0.1) is 5.92 Å². The summed E-state index contributed by atoms with van der Waals surface area (Å²) >= 11 is 0. The van der Waals surface area contributed by atoms with Gasteiger partial charge in [-0.25, -0.2) is 8.42 Å². The molecule has 0 spiro atoms. The maximum absolute atomic E-state index is 13.2. The Morgan fingerprint density at radius 1 is 1.15 bits per heavy atom. The van der Waals surface area contributed by atoms with Gasteiger partial charge in [0.2, 0.25) is 9.84 Å². The molecule has 0 aromatic carbocycles. The van der Waals surface area contributed by atoms with Crippen molar-refractivity contribution in [3.8, 4) is 0 Å². The number of ether oxygens (including phenoxy) is 1. The minimum Gasteiger partial charge on any atom is -0.465 e. The monoisotopic (exact) mass is 322 g/mol. The van der Waals surface area contributed by atoms with Crippen molar-refractivity contribution in [2.75, 3.05) is 12.9 Å². The zero-order chi connectivity index (χ0) is 16.2. The summed E-state index contributed by atoms with van der Waals surface area (Å²) in [6, 6.07) is 0. The third kappa shape index (κ3) is 4.92. The molecule has 0 aliphatic heterocycles. The van der Waals surface area contributed by atoms with Crippen molar-refractivity contribution < 1.29 is 35.5 Å². The van der Waals surface area contributed by atoms with E-state index in [9.17, 15) is 30.8 Å². The number of unbranched alkanes of at least 4 members (excludes halogenated alkanes) is 1. The molecule has 0 aromatic heterocycles. The maximum Gasteiger partial charge on any atom is 0.406 e. The number of halogens is 4. The van der Waals surface area contributed by atoms with Gasteiger partial charge in [-0.3, -0.25) is 4.79 Å². The Morgan fingerprint density at radius 3 is 2.05 bits per heavy atom. The summed E-state index contributed by atoms with van der Waals surface area (Å²) in [5.74, 6) is -5.54. The molecule has 0 radical (unpaired) electrons. The fourth-order valence-electron chi connectivity index (χ4n) is 1.21. The average molecular weight is 322 g/mol. The summed E-state index contributed by atoms with van der Waals surface area (Å²) in [6.45, 7) is 3.00. The van der Waals surface area contributed by atoms with E-state index in [0.29, 0.717) is 0 Å². The van der Waals surface area contributed by atoms with Crippen molar-refractivity contribution in [2.24, 2.45) is 5.92 Å². The van der Waals surface area contributed by atoms with Gasteiger partial charge in [-0.1, -0.05) is 13.8 Å². The van der Waals surface area contributed by atoms with Crippen LogP contribution >= 0.6 is 0 Å². The van der Waals surface area contributed by atoms with Gasteiger partial charge < -0.3 is 4.74 Å². The molecule has 0 N–H and O–H groups in total. The molecule has 120 valence electrons. The van der Waals surface area contributed by atoms with E-state index in [4.69, 9.17) is 0 Å². The summed E-state index contributed by atoms with van der Waals surface area (Å²) in [5, 5.41) is -5.10. The topological polar surface area (TPSA) is 60.4 Å². The van der Waals surface area contributed by atoms with Crippen LogP contribution in [0.2, 0.25) is 0 Å². The normalized spacial score (nSPS) is 13.6. The fourth-order valence-corrected chi connectivity index (χ4v) is 1.85. The SMILES string of the molecule is CC(C)C(=O)OCCCCC(F)(F)C(F)(F)S(C)(=O)=O. The minimum absolute atomic E-state index is 0.0477. The molecule has 0 unspecified atom stereocenters. The molecule has 0 aliphatic rings. The molecule has 0 bridgehead atoms. The van der Waals surface area contributed by atoms with Crippen molar-refractivity contribution in [1.82, 2.24) is 0 Å². The lowest BCUT2D eigenvalue weighted by atomic mass is 10.1. The van der Waals surface area contributed by atoms with Gasteiger partial charge in [0.15, 0.2) is 0 Å². The fraction of sp³-hybridized carbons (Fsp3) is 0.909. The average Bonchev–Trinajstić information content (AvgIpc) is 2.26. The van der Waals surface area contributed by atoms with E-state index in [2.05, 4.69) is 4.74 Å². The Hall–Kier alpha value is -0.860. The van der Waals surface area contributed by atoms with E-state index in [1.165, 1.54) is 0 Å². The molecule has 20 heavy (non-hydrogen) atoms. The lowest BCUT2D eigenvalue weighted by Crippen LogP contribution is -2.46. The summed E-state index contributed by atoms with van der Waals surface area (Å²) in [7, 11) is -5.20. The standard InChI is InChI=1S/C11H18F4O4S/c1-8(2)9(16)19-7-5-4-6-10(12,13)11(14,15)20(3,17)18/h8H,4-7H2,1-3H3. The van der Waals surface area contributed by atoms with Crippen LogP contribution in [-0.4, -0.2) is 38.4 Å². The highest BCUT2D eigenvalue weighted by Gasteiger charge is 2.62. The lowest BCUT2D eigenvalue weighted by Gasteiger charge is -2.24. The summed E-state index contributed by atoms with van der Waals surface area (Å²) in [5.41, 5.74) is 0. The highest BCUT2D eigenvalue weighted by Crippen LogP contribution is 2.41.